The van der Waals surface area contributed by atoms with Gasteiger partial charge in [0.2, 0.25) is 0 Å². The van der Waals surface area contributed by atoms with Crippen molar-refractivity contribution in [1.29, 1.82) is 0 Å². The quantitative estimate of drug-likeness (QED) is 0.728. The Balaban J connectivity index is 2.83. The summed E-state index contributed by atoms with van der Waals surface area (Å²) in [4.78, 5) is 6.56. The van der Waals surface area contributed by atoms with Crippen LogP contribution < -0.4 is 5.73 Å². The SMILES string of the molecule is Cc1ncc(S(=O)(=O)N(C)CCCN)[nH]1. The summed E-state index contributed by atoms with van der Waals surface area (Å²) in [5.74, 6) is 0.584. The fourth-order valence-corrected chi connectivity index (χ4v) is 2.30. The van der Waals surface area contributed by atoms with Crippen molar-refractivity contribution in [3.63, 3.8) is 0 Å². The number of H-pyrrole nitrogens is 1. The highest BCUT2D eigenvalue weighted by atomic mass is 32.2. The molecule has 86 valence electrons. The summed E-state index contributed by atoms with van der Waals surface area (Å²) in [6, 6.07) is 0. The van der Waals surface area contributed by atoms with Crippen molar-refractivity contribution in [2.45, 2.75) is 18.4 Å². The molecule has 0 unspecified atom stereocenters. The maximum absolute atomic E-state index is 11.9. The number of rotatable bonds is 5. The van der Waals surface area contributed by atoms with E-state index in [1.54, 1.807) is 6.92 Å². The first kappa shape index (κ1) is 12.2. The van der Waals surface area contributed by atoms with Crippen molar-refractivity contribution in [2.24, 2.45) is 5.73 Å². The Morgan fingerprint density at radius 2 is 2.27 bits per heavy atom. The molecule has 3 N–H and O–H groups in total. The molecule has 0 saturated carbocycles. The first-order valence-corrected chi connectivity index (χ1v) is 6.10. The summed E-state index contributed by atoms with van der Waals surface area (Å²) in [6.07, 6.45) is 1.96. The van der Waals surface area contributed by atoms with Crippen LogP contribution in [0.1, 0.15) is 12.2 Å². The van der Waals surface area contributed by atoms with Crippen LogP contribution in [0.15, 0.2) is 11.2 Å². The van der Waals surface area contributed by atoms with Gasteiger partial charge in [-0.15, -0.1) is 0 Å². The van der Waals surface area contributed by atoms with Gasteiger partial charge in [-0.3, -0.25) is 0 Å². The van der Waals surface area contributed by atoms with E-state index in [1.165, 1.54) is 17.5 Å². The van der Waals surface area contributed by atoms with Crippen molar-refractivity contribution >= 4 is 10.0 Å². The molecule has 0 saturated heterocycles. The maximum Gasteiger partial charge on any atom is 0.259 e. The number of imidazole rings is 1. The molecule has 0 atom stereocenters. The first-order chi connectivity index (χ1) is 6.98. The van der Waals surface area contributed by atoms with Gasteiger partial charge in [0, 0.05) is 13.6 Å². The number of hydrogen-bond acceptors (Lipinski definition) is 4. The Bertz CT molecular complexity index is 412. The van der Waals surface area contributed by atoms with E-state index in [4.69, 9.17) is 5.73 Å². The van der Waals surface area contributed by atoms with Crippen molar-refractivity contribution in [2.75, 3.05) is 20.1 Å². The van der Waals surface area contributed by atoms with Crippen molar-refractivity contribution in [1.82, 2.24) is 14.3 Å². The van der Waals surface area contributed by atoms with Gasteiger partial charge in [-0.05, 0) is 19.9 Å². The zero-order valence-electron chi connectivity index (χ0n) is 8.90. The van der Waals surface area contributed by atoms with Crippen LogP contribution >= 0.6 is 0 Å². The molecule has 1 rings (SSSR count). The van der Waals surface area contributed by atoms with Crippen LogP contribution in [0.5, 0.6) is 0 Å². The fraction of sp³-hybridized carbons (Fsp3) is 0.625. The van der Waals surface area contributed by atoms with Crippen LogP contribution in [-0.2, 0) is 10.0 Å². The van der Waals surface area contributed by atoms with Gasteiger partial charge in [-0.1, -0.05) is 0 Å². The second-order valence-electron chi connectivity index (χ2n) is 3.30. The molecule has 0 aromatic carbocycles. The maximum atomic E-state index is 11.9. The molecule has 0 radical (unpaired) electrons. The molecule has 7 heteroatoms. The van der Waals surface area contributed by atoms with E-state index in [1.807, 2.05) is 0 Å². The second kappa shape index (κ2) is 4.73. The topological polar surface area (TPSA) is 92.1 Å². The third-order valence-corrected chi connectivity index (χ3v) is 3.81. The van der Waals surface area contributed by atoms with E-state index < -0.39 is 10.0 Å². The Morgan fingerprint density at radius 1 is 1.60 bits per heavy atom. The molecular weight excluding hydrogens is 216 g/mol. The standard InChI is InChI=1S/C8H16N4O2S/c1-7-10-6-8(11-7)15(13,14)12(2)5-3-4-9/h6H,3-5,9H2,1-2H3,(H,10,11). The number of aromatic amines is 1. The predicted octanol–water partition coefficient (Wildman–Crippen LogP) is -0.313. The molecule has 0 spiro atoms. The molecule has 0 bridgehead atoms. The number of nitrogens with zero attached hydrogens (tertiary/aromatic N) is 2. The Kier molecular flexibility index (Phi) is 3.83. The lowest BCUT2D eigenvalue weighted by Crippen LogP contribution is -2.29. The fourth-order valence-electron chi connectivity index (χ4n) is 1.13. The Labute approximate surface area is 89.5 Å². The summed E-state index contributed by atoms with van der Waals surface area (Å²) >= 11 is 0. The lowest BCUT2D eigenvalue weighted by molar-refractivity contribution is 0.461. The zero-order valence-corrected chi connectivity index (χ0v) is 9.71. The average Bonchev–Trinajstić information content (AvgIpc) is 2.61. The van der Waals surface area contributed by atoms with E-state index in [-0.39, 0.29) is 5.03 Å². The van der Waals surface area contributed by atoms with E-state index in [0.717, 1.165) is 0 Å². The molecule has 0 aliphatic carbocycles. The van der Waals surface area contributed by atoms with Gasteiger partial charge in [0.15, 0.2) is 5.03 Å². The molecule has 0 aliphatic heterocycles. The van der Waals surface area contributed by atoms with E-state index in [0.29, 0.717) is 25.3 Å². The molecule has 6 nitrogen and oxygen atoms in total. The minimum absolute atomic E-state index is 0.125. The number of nitrogens with one attached hydrogen (secondary N) is 1. The summed E-state index contributed by atoms with van der Waals surface area (Å²) in [7, 11) is -1.90. The van der Waals surface area contributed by atoms with Crippen LogP contribution in [0.3, 0.4) is 0 Å². The molecule has 0 amide bonds. The molecule has 1 aromatic heterocycles. The van der Waals surface area contributed by atoms with Gasteiger partial charge in [0.25, 0.3) is 10.0 Å². The number of sulfonamides is 1. The Hall–Kier alpha value is -0.920. The van der Waals surface area contributed by atoms with Crippen LogP contribution in [0.4, 0.5) is 0 Å². The lowest BCUT2D eigenvalue weighted by Gasteiger charge is -2.14. The molecule has 0 fully saturated rings. The highest BCUT2D eigenvalue weighted by Gasteiger charge is 2.21. The average molecular weight is 232 g/mol. The van der Waals surface area contributed by atoms with Crippen molar-refractivity contribution in [3.05, 3.63) is 12.0 Å². The van der Waals surface area contributed by atoms with Crippen LogP contribution in [0.25, 0.3) is 0 Å². The molecule has 1 heterocycles. The molecule has 1 aromatic rings. The molecular formula is C8H16N4O2S. The van der Waals surface area contributed by atoms with Crippen LogP contribution in [0.2, 0.25) is 0 Å². The summed E-state index contributed by atoms with van der Waals surface area (Å²) in [5.41, 5.74) is 5.32. The number of aryl methyl sites for hydroxylation is 1. The zero-order chi connectivity index (χ0) is 11.5. The predicted molar refractivity (Wildman–Crippen MR) is 56.8 cm³/mol. The minimum atomic E-state index is -3.43. The largest absolute Gasteiger partial charge is 0.332 e. The van der Waals surface area contributed by atoms with Gasteiger partial charge in [-0.25, -0.2) is 13.4 Å². The number of hydrogen-bond donors (Lipinski definition) is 2. The van der Waals surface area contributed by atoms with Crippen LogP contribution in [-0.4, -0.2) is 42.8 Å². The van der Waals surface area contributed by atoms with E-state index >= 15 is 0 Å². The van der Waals surface area contributed by atoms with Gasteiger partial charge in [-0.2, -0.15) is 4.31 Å². The first-order valence-electron chi connectivity index (χ1n) is 4.66. The van der Waals surface area contributed by atoms with Gasteiger partial charge in [0.1, 0.15) is 5.82 Å². The monoisotopic (exact) mass is 232 g/mol. The van der Waals surface area contributed by atoms with Gasteiger partial charge < -0.3 is 10.7 Å². The third-order valence-electron chi connectivity index (χ3n) is 2.04. The normalized spacial score (nSPS) is 12.3. The van der Waals surface area contributed by atoms with E-state index in [2.05, 4.69) is 9.97 Å². The Morgan fingerprint density at radius 3 is 2.73 bits per heavy atom. The summed E-state index contributed by atoms with van der Waals surface area (Å²) in [6.45, 7) is 2.59. The molecule has 15 heavy (non-hydrogen) atoms. The van der Waals surface area contributed by atoms with Gasteiger partial charge in [0.05, 0.1) is 6.20 Å². The summed E-state index contributed by atoms with van der Waals surface area (Å²) < 4.78 is 25.0. The highest BCUT2D eigenvalue weighted by molar-refractivity contribution is 7.89. The van der Waals surface area contributed by atoms with Crippen molar-refractivity contribution < 1.29 is 8.42 Å². The lowest BCUT2D eigenvalue weighted by atomic mass is 10.4. The number of aromatic nitrogens is 2. The van der Waals surface area contributed by atoms with Crippen LogP contribution in [0, 0.1) is 6.92 Å². The number of nitrogens with two attached hydrogens (primary N) is 1. The van der Waals surface area contributed by atoms with E-state index in [9.17, 15) is 8.42 Å². The van der Waals surface area contributed by atoms with Gasteiger partial charge >= 0.3 is 0 Å². The third kappa shape index (κ3) is 2.77. The highest BCUT2D eigenvalue weighted by Crippen LogP contribution is 2.11. The van der Waals surface area contributed by atoms with Crippen molar-refractivity contribution in [3.8, 4) is 0 Å². The smallest absolute Gasteiger partial charge is 0.259 e. The summed E-state index contributed by atoms with van der Waals surface area (Å²) in [5, 5.41) is 0.125. The second-order valence-corrected chi connectivity index (χ2v) is 5.31. The molecule has 0 aliphatic rings. The minimum Gasteiger partial charge on any atom is -0.332 e.